The number of hydrogen-bond donors (Lipinski definition) is 3. The molecule has 13 heteroatoms. The molecule has 0 aliphatic carbocycles. The van der Waals surface area contributed by atoms with Crippen LogP contribution in [0.2, 0.25) is 0 Å². The van der Waals surface area contributed by atoms with Gasteiger partial charge in [0, 0.05) is 20.3 Å². The topological polar surface area (TPSA) is 156 Å². The fourth-order valence-corrected chi connectivity index (χ4v) is 3.15. The van der Waals surface area contributed by atoms with Crippen LogP contribution >= 0.6 is 0 Å². The molecule has 3 N–H and O–H groups in total. The largest absolute Gasteiger partial charge is 0.481 e. The van der Waals surface area contributed by atoms with Crippen molar-refractivity contribution >= 4 is 21.9 Å². The van der Waals surface area contributed by atoms with Crippen molar-refractivity contribution in [1.29, 1.82) is 0 Å². The minimum Gasteiger partial charge on any atom is -0.481 e. The number of carbonyl (C=O) groups excluding carboxylic acids is 1. The Bertz CT molecular complexity index is 930. The number of ether oxygens (including phenoxy) is 2. The number of hydrogen-bond acceptors (Lipinski definition) is 10. The van der Waals surface area contributed by atoms with Gasteiger partial charge in [0.1, 0.15) is 0 Å². The monoisotopic (exact) mass is 412 g/mol. The van der Waals surface area contributed by atoms with E-state index in [-0.39, 0.29) is 23.3 Å². The lowest BCUT2D eigenvalue weighted by molar-refractivity contribution is 0.0822. The van der Waals surface area contributed by atoms with E-state index in [0.717, 1.165) is 0 Å². The number of carbonyl (C=O) groups is 1. The molecular formula is C15H20N6O6S. The van der Waals surface area contributed by atoms with Gasteiger partial charge in [-0.3, -0.25) is 4.79 Å². The maximum atomic E-state index is 12.6. The average molecular weight is 412 g/mol. The molecule has 0 saturated heterocycles. The zero-order valence-corrected chi connectivity index (χ0v) is 16.4. The van der Waals surface area contributed by atoms with Crippen molar-refractivity contribution in [3.05, 3.63) is 30.0 Å². The van der Waals surface area contributed by atoms with Crippen LogP contribution in [0, 0.1) is 0 Å². The van der Waals surface area contributed by atoms with Gasteiger partial charge in [-0.05, 0) is 12.1 Å². The van der Waals surface area contributed by atoms with Crippen LogP contribution in [-0.4, -0.2) is 74.0 Å². The average Bonchev–Trinajstić information content (AvgIpc) is 2.66. The Hall–Kier alpha value is -3.03. The third kappa shape index (κ3) is 5.03. The van der Waals surface area contributed by atoms with Gasteiger partial charge in [0.15, 0.2) is 11.4 Å². The van der Waals surface area contributed by atoms with Gasteiger partial charge >= 0.3 is 0 Å². The molecule has 1 atom stereocenters. The van der Waals surface area contributed by atoms with E-state index < -0.39 is 27.3 Å². The van der Waals surface area contributed by atoms with Crippen molar-refractivity contribution in [3.8, 4) is 11.8 Å². The van der Waals surface area contributed by atoms with Crippen LogP contribution in [0.25, 0.3) is 0 Å². The van der Waals surface area contributed by atoms with Crippen molar-refractivity contribution < 1.29 is 27.8 Å². The summed E-state index contributed by atoms with van der Waals surface area (Å²) in [6, 6.07) is 4.15. The summed E-state index contributed by atoms with van der Waals surface area (Å²) >= 11 is 0. The summed E-state index contributed by atoms with van der Waals surface area (Å²) < 4.78 is 37.1. The van der Waals surface area contributed by atoms with Crippen LogP contribution in [0.5, 0.6) is 11.8 Å². The van der Waals surface area contributed by atoms with Crippen LogP contribution in [0.4, 0.5) is 5.95 Å². The molecular weight excluding hydrogens is 392 g/mol. The maximum absolute atomic E-state index is 12.6. The number of nitrogens with one attached hydrogen (secondary N) is 2. The predicted molar refractivity (Wildman–Crippen MR) is 97.3 cm³/mol. The molecule has 0 saturated carbocycles. The number of rotatable bonds is 8. The first-order valence-electron chi connectivity index (χ1n) is 7.78. The highest BCUT2D eigenvalue weighted by molar-refractivity contribution is 7.89. The summed E-state index contributed by atoms with van der Waals surface area (Å²) in [5.41, 5.74) is -0.147. The number of aromatic nitrogens is 3. The van der Waals surface area contributed by atoms with E-state index in [2.05, 4.69) is 20.3 Å². The second-order valence-corrected chi connectivity index (χ2v) is 7.13. The summed E-state index contributed by atoms with van der Waals surface area (Å²) in [7, 11) is 1.33. The van der Waals surface area contributed by atoms with Crippen molar-refractivity contribution in [2.45, 2.75) is 11.4 Å². The molecule has 0 bridgehead atoms. The minimum absolute atomic E-state index is 0.132. The van der Waals surface area contributed by atoms with Crippen LogP contribution in [0.15, 0.2) is 29.4 Å². The van der Waals surface area contributed by atoms with E-state index in [4.69, 9.17) is 9.47 Å². The SMILES string of the molecule is COc1cc(OC)nc(NC(O)NS(=O)(=O)c2ncccc2C(=O)N(C)C)n1. The Balaban J connectivity index is 2.25. The molecule has 1 amide bonds. The molecule has 2 aromatic rings. The van der Waals surface area contributed by atoms with E-state index in [9.17, 15) is 18.3 Å². The molecule has 2 rings (SSSR count). The first-order chi connectivity index (χ1) is 13.2. The van der Waals surface area contributed by atoms with E-state index in [1.54, 1.807) is 0 Å². The highest BCUT2D eigenvalue weighted by Gasteiger charge is 2.27. The first kappa shape index (κ1) is 21.3. The van der Waals surface area contributed by atoms with Gasteiger partial charge < -0.3 is 24.8 Å². The van der Waals surface area contributed by atoms with Crippen LogP contribution < -0.4 is 19.5 Å². The third-order valence-corrected chi connectivity index (χ3v) is 4.66. The number of methoxy groups -OCH3 is 2. The quantitative estimate of drug-likeness (QED) is 0.472. The minimum atomic E-state index is -4.36. The molecule has 0 aliphatic rings. The maximum Gasteiger partial charge on any atom is 0.262 e. The van der Waals surface area contributed by atoms with Crippen molar-refractivity contribution in [2.24, 2.45) is 0 Å². The third-order valence-electron chi connectivity index (χ3n) is 3.29. The van der Waals surface area contributed by atoms with E-state index >= 15 is 0 Å². The van der Waals surface area contributed by atoms with Gasteiger partial charge in [-0.25, -0.2) is 13.4 Å². The predicted octanol–water partition coefficient (Wildman–Crippen LogP) is -0.743. The molecule has 0 aromatic carbocycles. The standard InChI is InChI=1S/C15H20N6O6S/c1-21(2)13(22)9-6-5-7-16-12(9)28(24,25)20-15(23)19-14-17-10(26-3)8-11(18-14)27-4/h5-8,15,20,23H,1-4H3,(H,17,18,19). The van der Waals surface area contributed by atoms with Gasteiger partial charge in [0.05, 0.1) is 25.8 Å². The number of nitrogens with zero attached hydrogens (tertiary/aromatic N) is 4. The zero-order valence-electron chi connectivity index (χ0n) is 15.6. The van der Waals surface area contributed by atoms with Gasteiger partial charge in [0.25, 0.3) is 15.9 Å². The lowest BCUT2D eigenvalue weighted by atomic mass is 10.2. The van der Waals surface area contributed by atoms with Gasteiger partial charge in [0.2, 0.25) is 17.7 Å². The second kappa shape index (κ2) is 8.77. The van der Waals surface area contributed by atoms with Gasteiger partial charge in [-0.15, -0.1) is 0 Å². The summed E-state index contributed by atoms with van der Waals surface area (Å²) in [5.74, 6) is -0.449. The summed E-state index contributed by atoms with van der Waals surface area (Å²) in [6.07, 6.45) is -0.609. The molecule has 0 fully saturated rings. The Kier molecular flexibility index (Phi) is 6.66. The Morgan fingerprint density at radius 3 is 2.36 bits per heavy atom. The molecule has 0 spiro atoms. The first-order valence-corrected chi connectivity index (χ1v) is 9.27. The lowest BCUT2D eigenvalue weighted by Crippen LogP contribution is -2.41. The fourth-order valence-electron chi connectivity index (χ4n) is 2.04. The van der Waals surface area contributed by atoms with Crippen LogP contribution in [0.1, 0.15) is 10.4 Å². The summed E-state index contributed by atoms with van der Waals surface area (Å²) in [5, 5.41) is 11.9. The molecule has 152 valence electrons. The van der Waals surface area contributed by atoms with Gasteiger partial charge in [-0.1, -0.05) is 0 Å². The van der Waals surface area contributed by atoms with Crippen molar-refractivity contribution in [2.75, 3.05) is 33.6 Å². The van der Waals surface area contributed by atoms with Crippen molar-refractivity contribution in [1.82, 2.24) is 24.6 Å². The summed E-state index contributed by atoms with van der Waals surface area (Å²) in [4.78, 5) is 25.0. The van der Waals surface area contributed by atoms with Crippen molar-refractivity contribution in [3.63, 3.8) is 0 Å². The Morgan fingerprint density at radius 2 is 1.82 bits per heavy atom. The highest BCUT2D eigenvalue weighted by Crippen LogP contribution is 2.18. The molecule has 0 radical (unpaired) electrons. The zero-order chi connectivity index (χ0) is 20.9. The van der Waals surface area contributed by atoms with Crippen LogP contribution in [0.3, 0.4) is 0 Å². The molecule has 28 heavy (non-hydrogen) atoms. The molecule has 2 aromatic heterocycles. The normalized spacial score (nSPS) is 12.2. The number of pyridine rings is 1. The van der Waals surface area contributed by atoms with E-state index in [1.165, 1.54) is 57.6 Å². The number of anilines is 1. The fraction of sp³-hybridized carbons (Fsp3) is 0.333. The molecule has 2 heterocycles. The number of aliphatic hydroxyl groups excluding tert-OH is 1. The summed E-state index contributed by atoms with van der Waals surface area (Å²) in [6.45, 7) is 0. The number of amides is 1. The van der Waals surface area contributed by atoms with Gasteiger partial charge in [-0.2, -0.15) is 14.7 Å². The van der Waals surface area contributed by atoms with E-state index in [1.807, 2.05) is 4.72 Å². The highest BCUT2D eigenvalue weighted by atomic mass is 32.2. The second-order valence-electron chi connectivity index (χ2n) is 5.50. The number of sulfonamides is 1. The Labute approximate surface area is 161 Å². The van der Waals surface area contributed by atoms with Crippen LogP contribution in [-0.2, 0) is 10.0 Å². The molecule has 1 unspecified atom stereocenters. The lowest BCUT2D eigenvalue weighted by Gasteiger charge is -2.17. The number of aliphatic hydroxyl groups is 1. The smallest absolute Gasteiger partial charge is 0.262 e. The van der Waals surface area contributed by atoms with E-state index in [0.29, 0.717) is 0 Å². The molecule has 0 aliphatic heterocycles. The molecule has 12 nitrogen and oxygen atoms in total. The Morgan fingerprint density at radius 1 is 1.21 bits per heavy atom.